The molecule has 0 saturated heterocycles. The van der Waals surface area contributed by atoms with Crippen molar-refractivity contribution in [2.24, 2.45) is 0 Å². The molecule has 0 aliphatic carbocycles. The molecule has 0 unspecified atom stereocenters. The van der Waals surface area contributed by atoms with Crippen LogP contribution in [0, 0.1) is 12.3 Å². The van der Waals surface area contributed by atoms with Crippen LogP contribution in [0.15, 0.2) is 47.3 Å². The maximum absolute atomic E-state index is 12.4. The van der Waals surface area contributed by atoms with Gasteiger partial charge in [0.05, 0.1) is 17.6 Å². The van der Waals surface area contributed by atoms with Crippen molar-refractivity contribution in [2.75, 3.05) is 12.1 Å². The largest absolute Gasteiger partial charge is 0.454 e. The van der Waals surface area contributed by atoms with E-state index in [0.717, 1.165) is 0 Å². The Kier molecular flexibility index (Phi) is 4.56. The summed E-state index contributed by atoms with van der Waals surface area (Å²) < 4.78 is 11.8. The molecule has 2 heterocycles. The summed E-state index contributed by atoms with van der Waals surface area (Å²) in [5.41, 5.74) is 0.852. The maximum Gasteiger partial charge on any atom is 0.319 e. The summed E-state index contributed by atoms with van der Waals surface area (Å²) in [6, 6.07) is 11.8. The van der Waals surface area contributed by atoms with E-state index in [0.29, 0.717) is 33.7 Å². The summed E-state index contributed by atoms with van der Waals surface area (Å²) >= 11 is 0. The van der Waals surface area contributed by atoms with Crippen LogP contribution in [0.5, 0.6) is 11.5 Å². The summed E-state index contributed by atoms with van der Waals surface area (Å²) in [7, 11) is 0. The van der Waals surface area contributed by atoms with Gasteiger partial charge in [-0.25, -0.2) is 9.48 Å². The van der Waals surface area contributed by atoms with Crippen LogP contribution < -0.4 is 25.7 Å². The number of aromatic nitrogens is 2. The SMILES string of the molecule is C#CCn1nc(CNC(=O)Nc2ccc3c(c2)OCO3)c2ccccc2c1=O. The van der Waals surface area contributed by atoms with Gasteiger partial charge in [-0.05, 0) is 18.2 Å². The van der Waals surface area contributed by atoms with Gasteiger partial charge in [-0.1, -0.05) is 24.1 Å². The minimum Gasteiger partial charge on any atom is -0.454 e. The Balaban J connectivity index is 1.52. The highest BCUT2D eigenvalue weighted by Crippen LogP contribution is 2.34. The number of amides is 2. The van der Waals surface area contributed by atoms with Crippen LogP contribution in [-0.2, 0) is 13.1 Å². The fourth-order valence-corrected chi connectivity index (χ4v) is 2.94. The smallest absolute Gasteiger partial charge is 0.319 e. The summed E-state index contributed by atoms with van der Waals surface area (Å²) in [6.45, 7) is 0.346. The van der Waals surface area contributed by atoms with E-state index in [1.165, 1.54) is 4.68 Å². The Labute approximate surface area is 160 Å². The average molecular weight is 376 g/mol. The molecule has 3 aromatic rings. The number of ether oxygens (including phenoxy) is 2. The fraction of sp³-hybridized carbons (Fsp3) is 0.150. The number of terminal acetylenes is 1. The van der Waals surface area contributed by atoms with Crippen molar-refractivity contribution < 1.29 is 14.3 Å². The number of hydrogen-bond acceptors (Lipinski definition) is 5. The number of hydrogen-bond donors (Lipinski definition) is 2. The molecule has 0 spiro atoms. The highest BCUT2D eigenvalue weighted by molar-refractivity contribution is 5.90. The molecule has 1 aromatic heterocycles. The standard InChI is InChI=1S/C20H16N4O4/c1-2-9-24-19(25)15-6-4-3-5-14(15)16(23-24)11-21-20(26)22-13-7-8-17-18(10-13)28-12-27-17/h1,3-8,10H,9,11-12H2,(H2,21,22,26). The van der Waals surface area contributed by atoms with Gasteiger partial charge in [0.1, 0.15) is 6.54 Å². The van der Waals surface area contributed by atoms with Crippen molar-refractivity contribution >= 4 is 22.5 Å². The third-order valence-corrected chi connectivity index (χ3v) is 4.23. The summed E-state index contributed by atoms with van der Waals surface area (Å²) in [6.07, 6.45) is 5.32. The Bertz CT molecular complexity index is 1160. The van der Waals surface area contributed by atoms with Crippen LogP contribution in [0.25, 0.3) is 10.8 Å². The molecule has 0 radical (unpaired) electrons. The molecule has 0 saturated carbocycles. The summed E-state index contributed by atoms with van der Waals surface area (Å²) in [5.74, 6) is 3.63. The van der Waals surface area contributed by atoms with E-state index >= 15 is 0 Å². The van der Waals surface area contributed by atoms with Gasteiger partial charge in [-0.3, -0.25) is 4.79 Å². The second kappa shape index (κ2) is 7.32. The Morgan fingerprint density at radius 1 is 1.18 bits per heavy atom. The monoisotopic (exact) mass is 376 g/mol. The van der Waals surface area contributed by atoms with Gasteiger partial charge >= 0.3 is 6.03 Å². The molecule has 8 heteroatoms. The molecule has 8 nitrogen and oxygen atoms in total. The predicted octanol–water partition coefficient (Wildman–Crippen LogP) is 2.08. The molecule has 2 amide bonds. The molecule has 1 aliphatic rings. The molecule has 2 N–H and O–H groups in total. The Morgan fingerprint density at radius 2 is 1.96 bits per heavy atom. The van der Waals surface area contributed by atoms with Crippen molar-refractivity contribution in [2.45, 2.75) is 13.1 Å². The molecule has 1 aliphatic heterocycles. The van der Waals surface area contributed by atoms with Crippen LogP contribution in [0.2, 0.25) is 0 Å². The molecule has 2 aromatic carbocycles. The first kappa shape index (κ1) is 17.4. The molecule has 28 heavy (non-hydrogen) atoms. The molecule has 4 rings (SSSR count). The van der Waals surface area contributed by atoms with Crippen LogP contribution in [0.1, 0.15) is 5.69 Å². The lowest BCUT2D eigenvalue weighted by Crippen LogP contribution is -2.31. The molecule has 0 bridgehead atoms. The fourth-order valence-electron chi connectivity index (χ4n) is 2.94. The first-order valence-corrected chi connectivity index (χ1v) is 8.52. The van der Waals surface area contributed by atoms with E-state index in [4.69, 9.17) is 15.9 Å². The Morgan fingerprint density at radius 3 is 2.79 bits per heavy atom. The van der Waals surface area contributed by atoms with Gasteiger partial charge in [0, 0.05) is 17.1 Å². The van der Waals surface area contributed by atoms with E-state index in [1.807, 2.05) is 6.07 Å². The zero-order chi connectivity index (χ0) is 19.5. The number of carbonyl (C=O) groups is 1. The highest BCUT2D eigenvalue weighted by Gasteiger charge is 2.15. The van der Waals surface area contributed by atoms with E-state index in [9.17, 15) is 9.59 Å². The number of benzene rings is 2. The van der Waals surface area contributed by atoms with Gasteiger partial charge in [-0.2, -0.15) is 5.10 Å². The first-order valence-electron chi connectivity index (χ1n) is 8.52. The normalized spacial score (nSPS) is 11.8. The van der Waals surface area contributed by atoms with E-state index < -0.39 is 6.03 Å². The van der Waals surface area contributed by atoms with Gasteiger partial charge in [-0.15, -0.1) is 6.42 Å². The number of nitrogens with zero attached hydrogens (tertiary/aromatic N) is 2. The van der Waals surface area contributed by atoms with Crippen molar-refractivity contribution in [1.82, 2.24) is 15.1 Å². The van der Waals surface area contributed by atoms with Gasteiger partial charge in [0.25, 0.3) is 5.56 Å². The summed E-state index contributed by atoms with van der Waals surface area (Å²) in [4.78, 5) is 24.7. The van der Waals surface area contributed by atoms with Crippen molar-refractivity contribution in [3.05, 3.63) is 58.5 Å². The van der Waals surface area contributed by atoms with Crippen molar-refractivity contribution in [3.8, 4) is 23.8 Å². The third kappa shape index (κ3) is 3.33. The number of carbonyl (C=O) groups excluding carboxylic acids is 1. The van der Waals surface area contributed by atoms with Crippen molar-refractivity contribution in [1.29, 1.82) is 0 Å². The molecule has 140 valence electrons. The quantitative estimate of drug-likeness (QED) is 0.680. The number of rotatable bonds is 4. The van der Waals surface area contributed by atoms with Crippen LogP contribution in [0.3, 0.4) is 0 Å². The maximum atomic E-state index is 12.4. The molecule has 0 atom stereocenters. The van der Waals surface area contributed by atoms with Crippen LogP contribution in [-0.4, -0.2) is 22.6 Å². The highest BCUT2D eigenvalue weighted by atomic mass is 16.7. The average Bonchev–Trinajstić information content (AvgIpc) is 3.17. The molecular weight excluding hydrogens is 360 g/mol. The van der Waals surface area contributed by atoms with Gasteiger partial charge in [0.2, 0.25) is 6.79 Å². The number of urea groups is 1. The van der Waals surface area contributed by atoms with Crippen LogP contribution >= 0.6 is 0 Å². The lowest BCUT2D eigenvalue weighted by molar-refractivity contribution is 0.174. The molecule has 0 fully saturated rings. The van der Waals surface area contributed by atoms with Crippen LogP contribution in [0.4, 0.5) is 10.5 Å². The summed E-state index contributed by atoms with van der Waals surface area (Å²) in [5, 5.41) is 10.9. The minimum absolute atomic E-state index is 0.0556. The van der Waals surface area contributed by atoms with E-state index in [2.05, 4.69) is 21.7 Å². The first-order chi connectivity index (χ1) is 13.7. The zero-order valence-electron chi connectivity index (χ0n) is 14.8. The topological polar surface area (TPSA) is 94.5 Å². The number of anilines is 1. The molecular formula is C20H16N4O4. The number of fused-ring (bicyclic) bond motifs is 2. The number of nitrogens with one attached hydrogen (secondary N) is 2. The van der Waals surface area contributed by atoms with Gasteiger partial charge in [0.15, 0.2) is 11.5 Å². The second-order valence-corrected chi connectivity index (χ2v) is 6.03. The van der Waals surface area contributed by atoms with Gasteiger partial charge < -0.3 is 20.1 Å². The lowest BCUT2D eigenvalue weighted by Gasteiger charge is -2.11. The second-order valence-electron chi connectivity index (χ2n) is 6.03. The van der Waals surface area contributed by atoms with E-state index in [-0.39, 0.29) is 25.4 Å². The van der Waals surface area contributed by atoms with E-state index in [1.54, 1.807) is 36.4 Å². The third-order valence-electron chi connectivity index (χ3n) is 4.23. The zero-order valence-corrected chi connectivity index (χ0v) is 14.8. The minimum atomic E-state index is -0.417. The van der Waals surface area contributed by atoms with Crippen molar-refractivity contribution in [3.63, 3.8) is 0 Å². The lowest BCUT2D eigenvalue weighted by atomic mass is 10.1. The predicted molar refractivity (Wildman–Crippen MR) is 103 cm³/mol. The Hall–Kier alpha value is -3.99.